The highest BCUT2D eigenvalue weighted by Crippen LogP contribution is 2.55. The van der Waals surface area contributed by atoms with E-state index in [1.165, 1.54) is 5.69 Å². The van der Waals surface area contributed by atoms with Crippen molar-refractivity contribution in [3.63, 3.8) is 0 Å². The van der Waals surface area contributed by atoms with Crippen LogP contribution in [0, 0.1) is 19.8 Å². The molecule has 0 spiro atoms. The summed E-state index contributed by atoms with van der Waals surface area (Å²) in [5.41, 5.74) is 4.18. The number of aliphatic hydroxyl groups is 1. The number of nitrogens with one attached hydrogen (secondary N) is 1. The van der Waals surface area contributed by atoms with Crippen molar-refractivity contribution in [2.75, 3.05) is 5.32 Å². The van der Waals surface area contributed by atoms with Crippen molar-refractivity contribution < 1.29 is 14.4 Å². The lowest BCUT2D eigenvalue weighted by molar-refractivity contribution is -0.105. The molecule has 170 valence electrons. The van der Waals surface area contributed by atoms with Gasteiger partial charge in [0.05, 0.1) is 5.60 Å². The number of anilines is 1. The first-order valence-electron chi connectivity index (χ1n) is 11.2. The molecule has 2 N–H and O–H groups in total. The molecule has 2 aliphatic rings. The van der Waals surface area contributed by atoms with Gasteiger partial charge < -0.3 is 19.3 Å². The van der Waals surface area contributed by atoms with Crippen molar-refractivity contribution in [3.05, 3.63) is 65.9 Å². The topological polar surface area (TPSA) is 106 Å². The third-order valence-electron chi connectivity index (χ3n) is 6.64. The highest BCUT2D eigenvalue weighted by molar-refractivity contribution is 5.76. The minimum absolute atomic E-state index is 0.153. The molecule has 0 unspecified atom stereocenters. The fourth-order valence-corrected chi connectivity index (χ4v) is 4.48. The number of imidazole rings is 1. The molecule has 33 heavy (non-hydrogen) atoms. The van der Waals surface area contributed by atoms with Gasteiger partial charge in [-0.15, -0.1) is 0 Å². The van der Waals surface area contributed by atoms with E-state index in [4.69, 9.17) is 4.52 Å². The Balaban J connectivity index is 0.000000190. The summed E-state index contributed by atoms with van der Waals surface area (Å²) in [6.07, 6.45) is 8.23. The number of hydrogen-bond acceptors (Lipinski definition) is 6. The number of aromatic nitrogens is 4. The molecule has 1 amide bonds. The molecule has 8 nitrogen and oxygen atoms in total. The van der Waals surface area contributed by atoms with Gasteiger partial charge >= 0.3 is 0 Å². The predicted molar refractivity (Wildman–Crippen MR) is 124 cm³/mol. The first kappa shape index (κ1) is 21.3. The van der Waals surface area contributed by atoms with E-state index in [0.29, 0.717) is 36.9 Å². The lowest BCUT2D eigenvalue weighted by atomic mass is 9.68. The number of carbonyl (C=O) groups is 1. The average molecular weight is 446 g/mol. The Morgan fingerprint density at radius 3 is 2.76 bits per heavy atom. The van der Waals surface area contributed by atoms with Crippen LogP contribution in [-0.4, -0.2) is 36.6 Å². The Labute approximate surface area is 191 Å². The zero-order valence-electron chi connectivity index (χ0n) is 18.7. The zero-order chi connectivity index (χ0) is 23.0. The molecule has 2 saturated carbocycles. The van der Waals surface area contributed by atoms with E-state index in [2.05, 4.69) is 24.8 Å². The number of hydrogen-bond donors (Lipinski definition) is 2. The molecule has 0 atom stereocenters. The van der Waals surface area contributed by atoms with E-state index in [0.717, 1.165) is 35.3 Å². The average Bonchev–Trinajstić information content (AvgIpc) is 3.44. The smallest absolute Gasteiger partial charge is 0.230 e. The van der Waals surface area contributed by atoms with Crippen LogP contribution in [0.4, 0.5) is 5.69 Å². The molecule has 6 rings (SSSR count). The molecule has 0 bridgehead atoms. The summed E-state index contributed by atoms with van der Waals surface area (Å²) in [6.45, 7) is 3.96. The number of nitrogens with zero attached hydrogens (tertiary/aromatic N) is 4. The Kier molecular flexibility index (Phi) is 5.46. The van der Waals surface area contributed by atoms with E-state index < -0.39 is 5.60 Å². The number of benzene rings is 1. The summed E-state index contributed by atoms with van der Waals surface area (Å²) in [6, 6.07) is 11.6. The Bertz CT molecular complexity index is 1280. The summed E-state index contributed by atoms with van der Waals surface area (Å²) in [5.74, 6) is 1.72. The van der Waals surface area contributed by atoms with Crippen LogP contribution >= 0.6 is 0 Å². The molecule has 0 saturated heterocycles. The number of pyridine rings is 1. The number of carbonyl (C=O) groups excluding carboxylic acids is 1. The predicted octanol–water partition coefficient (Wildman–Crippen LogP) is 4.27. The second-order valence-electron chi connectivity index (χ2n) is 9.06. The normalized spacial score (nSPS) is 21.7. The second kappa shape index (κ2) is 8.44. The van der Waals surface area contributed by atoms with E-state index in [1.807, 2.05) is 62.6 Å². The quantitative estimate of drug-likeness (QED) is 0.444. The fraction of sp³-hybridized carbons (Fsp3) is 0.360. The van der Waals surface area contributed by atoms with Gasteiger partial charge in [0, 0.05) is 35.3 Å². The van der Waals surface area contributed by atoms with Crippen LogP contribution in [0.15, 0.2) is 53.3 Å². The van der Waals surface area contributed by atoms with Crippen LogP contribution in [0.5, 0.6) is 0 Å². The summed E-state index contributed by atoms with van der Waals surface area (Å²) >= 11 is 0. The third kappa shape index (κ3) is 4.26. The maximum atomic E-state index is 10.7. The summed E-state index contributed by atoms with van der Waals surface area (Å²) in [4.78, 5) is 19.3. The number of aryl methyl sites for hydroxylation is 2. The maximum absolute atomic E-state index is 10.7. The largest absolute Gasteiger partial charge is 0.390 e. The zero-order valence-corrected chi connectivity index (χ0v) is 18.7. The fourth-order valence-electron chi connectivity index (χ4n) is 4.48. The second-order valence-corrected chi connectivity index (χ2v) is 9.06. The van der Waals surface area contributed by atoms with Crippen LogP contribution in [0.3, 0.4) is 0 Å². The standard InChI is InChI=1S/C17H19N3O3.C8H8N2/c1-10-2-3-11(6-14(10)18-9-21)15-19-16(23-20-15)12-7-17(22,8-12)13-4-5-13;1-7-6-9-8-4-2-3-5-10(7)8/h2-3,6,9,12-13,22H,4-5,7-8H2,1H3,(H,18,21);2-6H,1H3. The summed E-state index contributed by atoms with van der Waals surface area (Å²) < 4.78 is 7.44. The monoisotopic (exact) mass is 445 g/mol. The van der Waals surface area contributed by atoms with Crippen molar-refractivity contribution in [2.24, 2.45) is 5.92 Å². The molecule has 3 heterocycles. The SMILES string of the molecule is Cc1ccc(-c2noc(C3CC(O)(C4CC4)C3)n2)cc1NC=O.Cc1cnc2ccccn12. The number of amides is 1. The molecular weight excluding hydrogens is 418 g/mol. The van der Waals surface area contributed by atoms with Crippen LogP contribution < -0.4 is 5.32 Å². The van der Waals surface area contributed by atoms with Gasteiger partial charge in [-0.25, -0.2) is 4.98 Å². The van der Waals surface area contributed by atoms with E-state index in [-0.39, 0.29) is 5.92 Å². The van der Waals surface area contributed by atoms with Crippen molar-refractivity contribution in [1.82, 2.24) is 19.5 Å². The first-order valence-corrected chi connectivity index (χ1v) is 11.2. The van der Waals surface area contributed by atoms with Gasteiger partial charge in [-0.1, -0.05) is 23.4 Å². The summed E-state index contributed by atoms with van der Waals surface area (Å²) in [7, 11) is 0. The minimum Gasteiger partial charge on any atom is -0.390 e. The maximum Gasteiger partial charge on any atom is 0.230 e. The minimum atomic E-state index is -0.510. The lowest BCUT2D eigenvalue weighted by Gasteiger charge is -2.42. The lowest BCUT2D eigenvalue weighted by Crippen LogP contribution is -2.44. The van der Waals surface area contributed by atoms with Gasteiger partial charge in [0.15, 0.2) is 0 Å². The number of rotatable bonds is 5. The molecule has 2 fully saturated rings. The first-order chi connectivity index (χ1) is 16.0. The van der Waals surface area contributed by atoms with E-state index in [9.17, 15) is 9.90 Å². The molecule has 2 aliphatic carbocycles. The molecular formula is C25H27N5O3. The summed E-state index contributed by atoms with van der Waals surface area (Å²) in [5, 5.41) is 17.1. The highest BCUT2D eigenvalue weighted by Gasteiger charge is 2.54. The van der Waals surface area contributed by atoms with Gasteiger partial charge in [0.2, 0.25) is 18.1 Å². The van der Waals surface area contributed by atoms with Crippen molar-refractivity contribution in [1.29, 1.82) is 0 Å². The van der Waals surface area contributed by atoms with Crippen LogP contribution in [0.25, 0.3) is 17.0 Å². The van der Waals surface area contributed by atoms with E-state index in [1.54, 1.807) is 0 Å². The third-order valence-corrected chi connectivity index (χ3v) is 6.64. The molecule has 4 aromatic rings. The molecule has 0 radical (unpaired) electrons. The molecule has 3 aromatic heterocycles. The van der Waals surface area contributed by atoms with Crippen LogP contribution in [0.1, 0.15) is 48.7 Å². The molecule has 8 heteroatoms. The van der Waals surface area contributed by atoms with Gasteiger partial charge in [-0.05, 0) is 69.2 Å². The van der Waals surface area contributed by atoms with Crippen LogP contribution in [-0.2, 0) is 4.79 Å². The van der Waals surface area contributed by atoms with Crippen LogP contribution in [0.2, 0.25) is 0 Å². The van der Waals surface area contributed by atoms with Gasteiger partial charge in [-0.2, -0.15) is 4.98 Å². The Hall–Kier alpha value is -3.52. The number of fused-ring (bicyclic) bond motifs is 1. The Morgan fingerprint density at radius 1 is 1.21 bits per heavy atom. The molecule has 0 aliphatic heterocycles. The Morgan fingerprint density at radius 2 is 2.03 bits per heavy atom. The van der Waals surface area contributed by atoms with Crippen molar-refractivity contribution >= 4 is 17.7 Å². The van der Waals surface area contributed by atoms with E-state index >= 15 is 0 Å². The molecule has 1 aromatic carbocycles. The van der Waals surface area contributed by atoms with Crippen molar-refractivity contribution in [2.45, 2.75) is 51.0 Å². The van der Waals surface area contributed by atoms with Gasteiger partial charge in [-0.3, -0.25) is 4.79 Å². The van der Waals surface area contributed by atoms with Gasteiger partial charge in [0.25, 0.3) is 0 Å². The highest BCUT2D eigenvalue weighted by atomic mass is 16.5. The van der Waals surface area contributed by atoms with Gasteiger partial charge in [0.1, 0.15) is 5.65 Å². The van der Waals surface area contributed by atoms with Crippen molar-refractivity contribution in [3.8, 4) is 11.4 Å².